The SMILES string of the molecule is CCS(=O)(=O)c1ccc([C@@H](CO)NC(=O)c2nc(C3(C)CCOC3)n(Cc3ccccc3C(F)(F)F)c2C)cc1. The van der Waals surface area contributed by atoms with Gasteiger partial charge in [0.25, 0.3) is 5.91 Å². The molecule has 2 aromatic carbocycles. The van der Waals surface area contributed by atoms with Crippen molar-refractivity contribution in [1.29, 1.82) is 0 Å². The Labute approximate surface area is 231 Å². The molecule has 12 heteroatoms. The lowest BCUT2D eigenvalue weighted by molar-refractivity contribution is -0.138. The van der Waals surface area contributed by atoms with Gasteiger partial charge in [-0.15, -0.1) is 0 Å². The van der Waals surface area contributed by atoms with E-state index in [1.807, 2.05) is 6.92 Å². The molecule has 1 aromatic heterocycles. The number of alkyl halides is 3. The van der Waals surface area contributed by atoms with Crippen LogP contribution in [0.4, 0.5) is 13.2 Å². The number of carbonyl (C=O) groups is 1. The van der Waals surface area contributed by atoms with E-state index in [0.29, 0.717) is 36.7 Å². The molecule has 8 nitrogen and oxygen atoms in total. The van der Waals surface area contributed by atoms with Crippen LogP contribution in [0.25, 0.3) is 0 Å². The number of hydrogen-bond donors (Lipinski definition) is 2. The molecule has 3 aromatic rings. The summed E-state index contributed by atoms with van der Waals surface area (Å²) in [5, 5.41) is 12.7. The quantitative estimate of drug-likeness (QED) is 0.393. The first-order chi connectivity index (χ1) is 18.8. The number of carbonyl (C=O) groups excluding carboxylic acids is 1. The number of hydrogen-bond acceptors (Lipinski definition) is 6. The summed E-state index contributed by atoms with van der Waals surface area (Å²) < 4.78 is 72.7. The number of aromatic nitrogens is 2. The lowest BCUT2D eigenvalue weighted by Crippen LogP contribution is -2.31. The topological polar surface area (TPSA) is 111 Å². The second-order valence-corrected chi connectivity index (χ2v) is 12.4. The van der Waals surface area contributed by atoms with Crippen molar-refractivity contribution in [1.82, 2.24) is 14.9 Å². The van der Waals surface area contributed by atoms with E-state index >= 15 is 0 Å². The molecule has 0 bridgehead atoms. The highest BCUT2D eigenvalue weighted by molar-refractivity contribution is 7.91. The minimum atomic E-state index is -4.55. The monoisotopic (exact) mass is 579 g/mol. The third-order valence-corrected chi connectivity index (χ3v) is 9.11. The van der Waals surface area contributed by atoms with E-state index in [-0.39, 0.29) is 28.5 Å². The molecule has 0 spiro atoms. The smallest absolute Gasteiger partial charge is 0.394 e. The largest absolute Gasteiger partial charge is 0.416 e. The number of aliphatic hydroxyl groups excluding tert-OH is 1. The van der Waals surface area contributed by atoms with Gasteiger partial charge in [0.2, 0.25) is 0 Å². The molecule has 1 unspecified atom stereocenters. The summed E-state index contributed by atoms with van der Waals surface area (Å²) in [6.45, 7) is 5.20. The molecule has 2 atom stereocenters. The number of nitrogens with zero attached hydrogens (tertiary/aromatic N) is 2. The number of sulfone groups is 1. The predicted octanol–water partition coefficient (Wildman–Crippen LogP) is 4.19. The number of aliphatic hydroxyl groups is 1. The van der Waals surface area contributed by atoms with Crippen molar-refractivity contribution in [2.24, 2.45) is 0 Å². The van der Waals surface area contributed by atoms with Gasteiger partial charge in [0.15, 0.2) is 9.84 Å². The maximum Gasteiger partial charge on any atom is 0.416 e. The summed E-state index contributed by atoms with van der Waals surface area (Å²) >= 11 is 0. The Bertz CT molecular complexity index is 1480. The summed E-state index contributed by atoms with van der Waals surface area (Å²) in [6, 6.07) is 10.3. The van der Waals surface area contributed by atoms with E-state index in [2.05, 4.69) is 10.3 Å². The average Bonchev–Trinajstić information content (AvgIpc) is 3.51. The molecule has 1 fully saturated rings. The maximum absolute atomic E-state index is 13.7. The maximum atomic E-state index is 13.7. The minimum absolute atomic E-state index is 0.0243. The van der Waals surface area contributed by atoms with Crippen molar-refractivity contribution in [3.8, 4) is 0 Å². The fourth-order valence-electron chi connectivity index (χ4n) is 4.89. The van der Waals surface area contributed by atoms with Gasteiger partial charge >= 0.3 is 6.18 Å². The van der Waals surface area contributed by atoms with Crippen molar-refractivity contribution in [3.63, 3.8) is 0 Å². The van der Waals surface area contributed by atoms with Crippen LogP contribution in [0.2, 0.25) is 0 Å². The number of amides is 1. The van der Waals surface area contributed by atoms with E-state index in [0.717, 1.165) is 6.07 Å². The number of imidazole rings is 1. The van der Waals surface area contributed by atoms with Crippen LogP contribution in [0.1, 0.15) is 65.0 Å². The van der Waals surface area contributed by atoms with Gasteiger partial charge in [0.1, 0.15) is 11.5 Å². The van der Waals surface area contributed by atoms with Crippen LogP contribution in [0.15, 0.2) is 53.4 Å². The van der Waals surface area contributed by atoms with Crippen molar-refractivity contribution >= 4 is 15.7 Å². The average molecular weight is 580 g/mol. The van der Waals surface area contributed by atoms with E-state index < -0.39 is 45.5 Å². The summed E-state index contributed by atoms with van der Waals surface area (Å²) in [5.41, 5.74) is -0.454. The molecule has 1 aliphatic rings. The second-order valence-electron chi connectivity index (χ2n) is 10.2. The van der Waals surface area contributed by atoms with Gasteiger partial charge in [-0.3, -0.25) is 4.79 Å². The Morgan fingerprint density at radius 1 is 1.20 bits per heavy atom. The molecule has 1 aliphatic heterocycles. The Hall–Kier alpha value is -3.22. The first-order valence-corrected chi connectivity index (χ1v) is 14.5. The minimum Gasteiger partial charge on any atom is -0.394 e. The summed E-state index contributed by atoms with van der Waals surface area (Å²) in [7, 11) is -3.42. The number of benzene rings is 2. The highest BCUT2D eigenvalue weighted by atomic mass is 32.2. The Balaban J connectivity index is 1.69. The summed E-state index contributed by atoms with van der Waals surface area (Å²) in [6.07, 6.45) is -3.97. The van der Waals surface area contributed by atoms with Gasteiger partial charge < -0.3 is 19.7 Å². The molecule has 1 amide bonds. The lowest BCUT2D eigenvalue weighted by Gasteiger charge is -2.24. The molecule has 2 N–H and O–H groups in total. The molecule has 216 valence electrons. The molecule has 40 heavy (non-hydrogen) atoms. The van der Waals surface area contributed by atoms with Crippen molar-refractivity contribution in [2.45, 2.75) is 56.3 Å². The third kappa shape index (κ3) is 5.93. The molecule has 0 radical (unpaired) electrons. The summed E-state index contributed by atoms with van der Waals surface area (Å²) in [4.78, 5) is 18.2. The van der Waals surface area contributed by atoms with Crippen molar-refractivity contribution < 1.29 is 36.2 Å². The van der Waals surface area contributed by atoms with Gasteiger partial charge in [-0.25, -0.2) is 13.4 Å². The van der Waals surface area contributed by atoms with Gasteiger partial charge in [-0.1, -0.05) is 44.2 Å². The zero-order chi connectivity index (χ0) is 29.3. The zero-order valence-electron chi connectivity index (χ0n) is 22.5. The fraction of sp³-hybridized carbons (Fsp3) is 0.429. The Morgan fingerprint density at radius 3 is 2.45 bits per heavy atom. The Kier molecular flexibility index (Phi) is 8.44. The van der Waals surface area contributed by atoms with Gasteiger partial charge in [-0.05, 0) is 42.7 Å². The van der Waals surface area contributed by atoms with Crippen LogP contribution in [0.3, 0.4) is 0 Å². The second kappa shape index (κ2) is 11.3. The Morgan fingerprint density at radius 2 is 1.88 bits per heavy atom. The number of halogens is 3. The number of rotatable bonds is 9. The first-order valence-electron chi connectivity index (χ1n) is 12.9. The van der Waals surface area contributed by atoms with Crippen LogP contribution in [0, 0.1) is 6.92 Å². The van der Waals surface area contributed by atoms with Crippen LogP contribution >= 0.6 is 0 Å². The highest BCUT2D eigenvalue weighted by Gasteiger charge is 2.39. The van der Waals surface area contributed by atoms with Crippen LogP contribution in [-0.4, -0.2) is 54.6 Å². The van der Waals surface area contributed by atoms with Crippen molar-refractivity contribution in [2.75, 3.05) is 25.6 Å². The molecule has 2 heterocycles. The molecule has 4 rings (SSSR count). The van der Waals surface area contributed by atoms with Gasteiger partial charge in [-0.2, -0.15) is 13.2 Å². The zero-order valence-corrected chi connectivity index (χ0v) is 23.3. The van der Waals surface area contributed by atoms with Gasteiger partial charge in [0, 0.05) is 18.8 Å². The van der Waals surface area contributed by atoms with Crippen LogP contribution in [0.5, 0.6) is 0 Å². The normalized spacial score (nSPS) is 18.6. The third-order valence-electron chi connectivity index (χ3n) is 7.36. The van der Waals surface area contributed by atoms with E-state index in [4.69, 9.17) is 4.74 Å². The molecular formula is C28H32F3N3O5S. The molecular weight excluding hydrogens is 547 g/mol. The fourth-order valence-corrected chi connectivity index (χ4v) is 5.77. The lowest BCUT2D eigenvalue weighted by atomic mass is 9.89. The highest BCUT2D eigenvalue weighted by Crippen LogP contribution is 2.36. The first kappa shape index (κ1) is 29.8. The van der Waals surface area contributed by atoms with Crippen LogP contribution < -0.4 is 5.32 Å². The number of nitrogens with one attached hydrogen (secondary N) is 1. The van der Waals surface area contributed by atoms with E-state index in [1.165, 1.54) is 49.4 Å². The van der Waals surface area contributed by atoms with E-state index in [1.54, 1.807) is 11.5 Å². The summed E-state index contributed by atoms with van der Waals surface area (Å²) in [5.74, 6) is -0.235. The standard InChI is InChI=1S/C28H32F3N3O5S/c1-4-40(37,38)21-11-9-19(10-12-21)23(16-35)32-25(36)24-18(2)34(26(33-24)27(3)13-14-39-17-27)15-20-7-5-6-8-22(20)28(29,30)31/h5-12,23,35H,4,13-17H2,1-3H3,(H,32,36)/t23-,27?/m1/s1. The van der Waals surface area contributed by atoms with Crippen LogP contribution in [-0.2, 0) is 32.7 Å². The number of ether oxygens (including phenoxy) is 1. The van der Waals surface area contributed by atoms with Crippen molar-refractivity contribution in [3.05, 3.63) is 82.4 Å². The van der Waals surface area contributed by atoms with Gasteiger partial charge in [0.05, 0.1) is 40.9 Å². The molecule has 1 saturated heterocycles. The predicted molar refractivity (Wildman–Crippen MR) is 142 cm³/mol. The molecule has 0 saturated carbocycles. The molecule has 0 aliphatic carbocycles. The van der Waals surface area contributed by atoms with E-state index in [9.17, 15) is 31.5 Å².